The average molecular weight is 310 g/mol. The number of aryl methyl sites for hydroxylation is 2. The van der Waals surface area contributed by atoms with E-state index < -0.39 is 0 Å². The molecule has 0 aromatic carbocycles. The number of nitrogens with zero attached hydrogens (tertiary/aromatic N) is 4. The summed E-state index contributed by atoms with van der Waals surface area (Å²) in [4.78, 5) is 20.1. The van der Waals surface area contributed by atoms with E-state index in [1.54, 1.807) is 18.2 Å². The molecule has 0 unspecified atom stereocenters. The SMILES string of the molecule is COC1=CC(=Cc2c(O)nc3nc4c(nn23)CCC4)C=CC1=O. The van der Waals surface area contributed by atoms with Gasteiger partial charge in [-0.25, -0.2) is 4.98 Å². The first-order valence-electron chi connectivity index (χ1n) is 7.33. The van der Waals surface area contributed by atoms with Crippen molar-refractivity contribution in [1.29, 1.82) is 0 Å². The van der Waals surface area contributed by atoms with E-state index in [0.717, 1.165) is 30.7 Å². The zero-order valence-corrected chi connectivity index (χ0v) is 12.5. The number of allylic oxidation sites excluding steroid dienone is 4. The topological polar surface area (TPSA) is 89.6 Å². The second kappa shape index (κ2) is 5.05. The Balaban J connectivity index is 1.85. The normalized spacial score (nSPS) is 18.6. The molecule has 2 aromatic rings. The lowest BCUT2D eigenvalue weighted by Crippen LogP contribution is -2.05. The number of ether oxygens (including phenoxy) is 1. The zero-order valence-electron chi connectivity index (χ0n) is 12.5. The number of imidazole rings is 1. The predicted octanol–water partition coefficient (Wildman–Crippen LogP) is 1.37. The zero-order chi connectivity index (χ0) is 16.0. The fraction of sp³-hybridized carbons (Fsp3) is 0.250. The predicted molar refractivity (Wildman–Crippen MR) is 81.7 cm³/mol. The summed E-state index contributed by atoms with van der Waals surface area (Å²) in [6.07, 6.45) is 9.22. The van der Waals surface area contributed by atoms with E-state index in [1.807, 2.05) is 0 Å². The summed E-state index contributed by atoms with van der Waals surface area (Å²) in [5, 5.41) is 14.7. The van der Waals surface area contributed by atoms with Crippen molar-refractivity contribution >= 4 is 17.6 Å². The molecular weight excluding hydrogens is 296 g/mol. The number of methoxy groups -OCH3 is 1. The van der Waals surface area contributed by atoms with Crippen molar-refractivity contribution in [3.63, 3.8) is 0 Å². The molecule has 0 bridgehead atoms. The van der Waals surface area contributed by atoms with Crippen molar-refractivity contribution in [1.82, 2.24) is 19.6 Å². The number of hydrogen-bond donors (Lipinski definition) is 1. The molecule has 2 heterocycles. The van der Waals surface area contributed by atoms with Gasteiger partial charge in [0.2, 0.25) is 11.7 Å². The molecule has 116 valence electrons. The van der Waals surface area contributed by atoms with Crippen LogP contribution >= 0.6 is 0 Å². The lowest BCUT2D eigenvalue weighted by Gasteiger charge is -2.07. The van der Waals surface area contributed by atoms with Crippen LogP contribution in [0.2, 0.25) is 0 Å². The van der Waals surface area contributed by atoms with Crippen LogP contribution in [0.5, 0.6) is 5.88 Å². The minimum Gasteiger partial charge on any atom is -0.493 e. The second-order valence-corrected chi connectivity index (χ2v) is 5.45. The third-order valence-corrected chi connectivity index (χ3v) is 3.96. The first kappa shape index (κ1) is 13.7. The van der Waals surface area contributed by atoms with Gasteiger partial charge in [0.05, 0.1) is 18.5 Å². The van der Waals surface area contributed by atoms with Gasteiger partial charge in [0, 0.05) is 0 Å². The fourth-order valence-corrected chi connectivity index (χ4v) is 2.81. The van der Waals surface area contributed by atoms with Gasteiger partial charge in [-0.05, 0) is 43.1 Å². The monoisotopic (exact) mass is 310 g/mol. The molecule has 0 spiro atoms. The van der Waals surface area contributed by atoms with Crippen molar-refractivity contribution in [2.75, 3.05) is 7.11 Å². The minimum atomic E-state index is -0.190. The Kier molecular flexibility index (Phi) is 3.00. The summed E-state index contributed by atoms with van der Waals surface area (Å²) in [5.74, 6) is 0.296. The molecular formula is C16H14N4O3. The van der Waals surface area contributed by atoms with Gasteiger partial charge in [0.1, 0.15) is 5.69 Å². The maximum absolute atomic E-state index is 11.6. The van der Waals surface area contributed by atoms with Crippen molar-refractivity contribution in [2.45, 2.75) is 19.3 Å². The van der Waals surface area contributed by atoms with Crippen LogP contribution in [0.25, 0.3) is 11.9 Å². The Bertz CT molecular complexity index is 921. The van der Waals surface area contributed by atoms with Gasteiger partial charge in [-0.1, -0.05) is 6.08 Å². The third kappa shape index (κ3) is 2.21. The van der Waals surface area contributed by atoms with Crippen LogP contribution in [0.3, 0.4) is 0 Å². The molecule has 0 saturated heterocycles. The van der Waals surface area contributed by atoms with E-state index in [4.69, 9.17) is 4.74 Å². The maximum Gasteiger partial charge on any atom is 0.254 e. The molecule has 1 N–H and O–H groups in total. The van der Waals surface area contributed by atoms with Gasteiger partial charge >= 0.3 is 0 Å². The second-order valence-electron chi connectivity index (χ2n) is 5.45. The molecule has 4 rings (SSSR count). The third-order valence-electron chi connectivity index (χ3n) is 3.96. The maximum atomic E-state index is 11.6. The van der Waals surface area contributed by atoms with Crippen LogP contribution in [-0.2, 0) is 22.4 Å². The molecule has 7 heteroatoms. The van der Waals surface area contributed by atoms with Gasteiger partial charge in [-0.3, -0.25) is 4.79 Å². The molecule has 2 aliphatic rings. The molecule has 0 aliphatic heterocycles. The molecule has 23 heavy (non-hydrogen) atoms. The molecule has 0 fully saturated rings. The summed E-state index contributed by atoms with van der Waals surface area (Å²) in [6, 6.07) is 0. The number of carbonyl (C=O) groups is 1. The Labute approximate surface area is 131 Å². The summed E-state index contributed by atoms with van der Waals surface area (Å²) in [6.45, 7) is 0. The number of aromatic nitrogens is 4. The lowest BCUT2D eigenvalue weighted by atomic mass is 10.1. The van der Waals surface area contributed by atoms with Crippen LogP contribution in [0.1, 0.15) is 23.5 Å². The first-order chi connectivity index (χ1) is 11.2. The van der Waals surface area contributed by atoms with Gasteiger partial charge in [0.15, 0.2) is 5.76 Å². The number of aromatic hydroxyl groups is 1. The van der Waals surface area contributed by atoms with E-state index in [1.165, 1.54) is 17.7 Å². The summed E-state index contributed by atoms with van der Waals surface area (Å²) in [7, 11) is 1.45. The molecule has 0 amide bonds. The van der Waals surface area contributed by atoms with E-state index in [2.05, 4.69) is 15.1 Å². The van der Waals surface area contributed by atoms with Gasteiger partial charge < -0.3 is 9.84 Å². The van der Waals surface area contributed by atoms with Gasteiger partial charge in [-0.15, -0.1) is 0 Å². The molecule has 0 radical (unpaired) electrons. The standard InChI is InChI=1S/C16H14N4O3/c1-23-14-8-9(5-6-13(14)21)7-12-15(22)18-16-17-10-3-2-4-11(10)19-20(12)16/h5-8,22H,2-4H2,1H3. The highest BCUT2D eigenvalue weighted by Gasteiger charge is 2.20. The Hall–Kier alpha value is -2.96. The molecule has 0 atom stereocenters. The summed E-state index contributed by atoms with van der Waals surface area (Å²) >= 11 is 0. The van der Waals surface area contributed by atoms with Gasteiger partial charge in [-0.2, -0.15) is 14.6 Å². The molecule has 7 nitrogen and oxygen atoms in total. The van der Waals surface area contributed by atoms with Crippen molar-refractivity contribution in [3.8, 4) is 5.88 Å². The largest absolute Gasteiger partial charge is 0.493 e. The van der Waals surface area contributed by atoms with Crippen LogP contribution in [0.4, 0.5) is 0 Å². The smallest absolute Gasteiger partial charge is 0.254 e. The Morgan fingerprint density at radius 1 is 1.26 bits per heavy atom. The van der Waals surface area contributed by atoms with Crippen molar-refractivity contribution in [2.24, 2.45) is 0 Å². The Morgan fingerprint density at radius 2 is 2.09 bits per heavy atom. The van der Waals surface area contributed by atoms with Crippen molar-refractivity contribution < 1.29 is 14.6 Å². The first-order valence-corrected chi connectivity index (χ1v) is 7.33. The number of rotatable bonds is 2. The summed E-state index contributed by atoms with van der Waals surface area (Å²) < 4.78 is 6.58. The van der Waals surface area contributed by atoms with E-state index in [-0.39, 0.29) is 17.4 Å². The molecule has 2 aliphatic carbocycles. The van der Waals surface area contributed by atoms with Crippen LogP contribution in [0, 0.1) is 0 Å². The van der Waals surface area contributed by atoms with E-state index >= 15 is 0 Å². The van der Waals surface area contributed by atoms with Crippen LogP contribution in [-0.4, -0.2) is 37.6 Å². The van der Waals surface area contributed by atoms with E-state index in [9.17, 15) is 9.90 Å². The molecule has 0 saturated carbocycles. The van der Waals surface area contributed by atoms with E-state index in [0.29, 0.717) is 17.0 Å². The number of carbonyl (C=O) groups excluding carboxylic acids is 1. The molecule has 2 aromatic heterocycles. The summed E-state index contributed by atoms with van der Waals surface area (Å²) in [5.41, 5.74) is 3.03. The van der Waals surface area contributed by atoms with Crippen LogP contribution < -0.4 is 0 Å². The number of hydrogen-bond acceptors (Lipinski definition) is 6. The number of fused-ring (bicyclic) bond motifs is 2. The highest BCUT2D eigenvalue weighted by molar-refractivity contribution is 6.05. The number of ketones is 1. The fourth-order valence-electron chi connectivity index (χ4n) is 2.81. The highest BCUT2D eigenvalue weighted by Crippen LogP contribution is 2.25. The minimum absolute atomic E-state index is 0.140. The van der Waals surface area contributed by atoms with Crippen molar-refractivity contribution in [3.05, 3.63) is 46.6 Å². The lowest BCUT2D eigenvalue weighted by molar-refractivity contribution is -0.114. The highest BCUT2D eigenvalue weighted by atomic mass is 16.5. The average Bonchev–Trinajstić information content (AvgIpc) is 3.11. The van der Waals surface area contributed by atoms with Crippen LogP contribution in [0.15, 0.2) is 29.6 Å². The quantitative estimate of drug-likeness (QED) is 0.901. The Morgan fingerprint density at radius 3 is 2.91 bits per heavy atom. The van der Waals surface area contributed by atoms with Gasteiger partial charge in [0.25, 0.3) is 5.78 Å².